The van der Waals surface area contributed by atoms with Crippen LogP contribution in [0.15, 0.2) is 18.2 Å². The van der Waals surface area contributed by atoms with Gasteiger partial charge in [0.1, 0.15) is 0 Å². The Balaban J connectivity index is 2.81. The van der Waals surface area contributed by atoms with Gasteiger partial charge in [-0.2, -0.15) is 0 Å². The van der Waals surface area contributed by atoms with Gasteiger partial charge in [-0.05, 0) is 32.0 Å². The van der Waals surface area contributed by atoms with Crippen molar-refractivity contribution in [1.82, 2.24) is 4.90 Å². The molecule has 6 heteroatoms. The normalized spacial score (nSPS) is 10.9. The Labute approximate surface area is 111 Å². The number of nitrogens with two attached hydrogens (primary N) is 1. The van der Waals surface area contributed by atoms with Crippen molar-refractivity contribution in [2.75, 3.05) is 13.1 Å². The summed E-state index contributed by atoms with van der Waals surface area (Å²) in [6.07, 6.45) is 0. The number of hydrogen-bond donors (Lipinski definition) is 3. The van der Waals surface area contributed by atoms with Gasteiger partial charge < -0.3 is 15.9 Å². The number of nitrogens with zero attached hydrogens (tertiary/aromatic N) is 1. The highest BCUT2D eigenvalue weighted by Crippen LogP contribution is 2.25. The first kappa shape index (κ1) is 15.0. The average Bonchev–Trinajstić information content (AvgIpc) is 2.31. The number of phenols is 2. The lowest BCUT2D eigenvalue weighted by Gasteiger charge is -2.24. The molecule has 4 N–H and O–H groups in total. The standard InChI is InChI=1S/C13H18N2O4/c1-8(2)15(7-13(14)19)6-12(18)9-3-4-10(16)11(17)5-9/h3-5,8,16-17H,6-7H2,1-2H3,(H2,14,19). The van der Waals surface area contributed by atoms with E-state index in [1.165, 1.54) is 18.2 Å². The largest absolute Gasteiger partial charge is 0.504 e. The van der Waals surface area contributed by atoms with E-state index in [9.17, 15) is 19.8 Å². The molecule has 0 aliphatic heterocycles. The maximum Gasteiger partial charge on any atom is 0.231 e. The molecule has 1 rings (SSSR count). The number of hydrogen-bond acceptors (Lipinski definition) is 5. The molecule has 104 valence electrons. The van der Waals surface area contributed by atoms with E-state index in [4.69, 9.17) is 5.73 Å². The van der Waals surface area contributed by atoms with E-state index < -0.39 is 5.91 Å². The van der Waals surface area contributed by atoms with Gasteiger partial charge in [0, 0.05) is 11.6 Å². The van der Waals surface area contributed by atoms with Crippen LogP contribution in [0.5, 0.6) is 11.5 Å². The summed E-state index contributed by atoms with van der Waals surface area (Å²) >= 11 is 0. The minimum atomic E-state index is -0.505. The first-order chi connectivity index (χ1) is 8.81. The summed E-state index contributed by atoms with van der Waals surface area (Å²) in [6.45, 7) is 3.72. The second-order valence-electron chi connectivity index (χ2n) is 4.59. The van der Waals surface area contributed by atoms with Crippen LogP contribution in [0.2, 0.25) is 0 Å². The highest BCUT2D eigenvalue weighted by atomic mass is 16.3. The minimum Gasteiger partial charge on any atom is -0.504 e. The average molecular weight is 266 g/mol. The Morgan fingerprint density at radius 1 is 1.21 bits per heavy atom. The molecule has 19 heavy (non-hydrogen) atoms. The van der Waals surface area contributed by atoms with E-state index in [2.05, 4.69) is 0 Å². The summed E-state index contributed by atoms with van der Waals surface area (Å²) in [5, 5.41) is 18.5. The summed E-state index contributed by atoms with van der Waals surface area (Å²) in [4.78, 5) is 24.6. The molecule has 0 atom stereocenters. The van der Waals surface area contributed by atoms with Crippen molar-refractivity contribution < 1.29 is 19.8 Å². The van der Waals surface area contributed by atoms with E-state index in [0.29, 0.717) is 0 Å². The summed E-state index contributed by atoms with van der Waals surface area (Å²) in [6, 6.07) is 3.85. The molecule has 0 aliphatic rings. The van der Waals surface area contributed by atoms with Crippen LogP contribution >= 0.6 is 0 Å². The number of amides is 1. The van der Waals surface area contributed by atoms with Crippen molar-refractivity contribution in [2.24, 2.45) is 5.73 Å². The lowest BCUT2D eigenvalue weighted by molar-refractivity contribution is -0.119. The molecule has 0 saturated carbocycles. The van der Waals surface area contributed by atoms with Crippen LogP contribution in [0.3, 0.4) is 0 Å². The van der Waals surface area contributed by atoms with Crippen molar-refractivity contribution in [2.45, 2.75) is 19.9 Å². The van der Waals surface area contributed by atoms with Crippen LogP contribution in [0.25, 0.3) is 0 Å². The molecule has 0 saturated heterocycles. The van der Waals surface area contributed by atoms with Crippen molar-refractivity contribution in [3.05, 3.63) is 23.8 Å². The summed E-state index contributed by atoms with van der Waals surface area (Å²) in [5.74, 6) is -1.40. The van der Waals surface area contributed by atoms with Crippen molar-refractivity contribution in [3.63, 3.8) is 0 Å². The Kier molecular flexibility index (Phi) is 4.88. The van der Waals surface area contributed by atoms with E-state index >= 15 is 0 Å². The number of carbonyl (C=O) groups excluding carboxylic acids is 2. The van der Waals surface area contributed by atoms with Crippen LogP contribution in [-0.2, 0) is 4.79 Å². The van der Waals surface area contributed by atoms with Gasteiger partial charge in [-0.3, -0.25) is 14.5 Å². The van der Waals surface area contributed by atoms with Crippen molar-refractivity contribution >= 4 is 11.7 Å². The highest BCUT2D eigenvalue weighted by Gasteiger charge is 2.18. The van der Waals surface area contributed by atoms with Gasteiger partial charge in [-0.1, -0.05) is 0 Å². The van der Waals surface area contributed by atoms with Gasteiger partial charge >= 0.3 is 0 Å². The van der Waals surface area contributed by atoms with Gasteiger partial charge in [0.05, 0.1) is 13.1 Å². The second-order valence-corrected chi connectivity index (χ2v) is 4.59. The molecule has 6 nitrogen and oxygen atoms in total. The van der Waals surface area contributed by atoms with Crippen LogP contribution < -0.4 is 5.73 Å². The second kappa shape index (κ2) is 6.19. The number of rotatable bonds is 6. The molecule has 0 bridgehead atoms. The third-order valence-corrected chi connectivity index (χ3v) is 2.73. The molecule has 1 amide bonds. The molecular formula is C13H18N2O4. The zero-order valence-electron chi connectivity index (χ0n) is 11.0. The monoisotopic (exact) mass is 266 g/mol. The fourth-order valence-electron chi connectivity index (χ4n) is 1.59. The lowest BCUT2D eigenvalue weighted by Crippen LogP contribution is -2.41. The fraction of sp³-hybridized carbons (Fsp3) is 0.385. The molecule has 0 unspecified atom stereocenters. The van der Waals surface area contributed by atoms with E-state index in [1.54, 1.807) is 4.90 Å². The maximum absolute atomic E-state index is 12.0. The zero-order valence-corrected chi connectivity index (χ0v) is 11.0. The predicted octanol–water partition coefficient (Wildman–Crippen LogP) is 0.476. The molecule has 1 aromatic rings. The quantitative estimate of drug-likeness (QED) is 0.513. The minimum absolute atomic E-state index is 0.00648. The Hall–Kier alpha value is -2.08. The number of carbonyl (C=O) groups is 2. The molecule has 0 heterocycles. The van der Waals surface area contributed by atoms with E-state index in [1.807, 2.05) is 13.8 Å². The fourth-order valence-corrected chi connectivity index (χ4v) is 1.59. The van der Waals surface area contributed by atoms with Crippen LogP contribution in [-0.4, -0.2) is 45.9 Å². The van der Waals surface area contributed by atoms with Gasteiger partial charge in [-0.25, -0.2) is 0 Å². The summed E-state index contributed by atoms with van der Waals surface area (Å²) in [7, 11) is 0. The number of ketones is 1. The first-order valence-corrected chi connectivity index (χ1v) is 5.88. The summed E-state index contributed by atoms with van der Waals surface area (Å²) in [5.41, 5.74) is 5.39. The molecule has 1 aromatic carbocycles. The number of primary amides is 1. The molecule has 0 fully saturated rings. The van der Waals surface area contributed by atoms with Gasteiger partial charge in [-0.15, -0.1) is 0 Å². The molecular weight excluding hydrogens is 248 g/mol. The third-order valence-electron chi connectivity index (χ3n) is 2.73. The SMILES string of the molecule is CC(C)N(CC(N)=O)CC(=O)c1ccc(O)c(O)c1. The smallest absolute Gasteiger partial charge is 0.231 e. The number of benzene rings is 1. The van der Waals surface area contributed by atoms with E-state index in [0.717, 1.165) is 0 Å². The molecule has 0 aromatic heterocycles. The van der Waals surface area contributed by atoms with Crippen LogP contribution in [0.1, 0.15) is 24.2 Å². The van der Waals surface area contributed by atoms with Crippen molar-refractivity contribution in [1.29, 1.82) is 0 Å². The molecule has 0 aliphatic carbocycles. The van der Waals surface area contributed by atoms with Crippen LogP contribution in [0, 0.1) is 0 Å². The van der Waals surface area contributed by atoms with Crippen LogP contribution in [0.4, 0.5) is 0 Å². The molecule has 0 radical (unpaired) electrons. The van der Waals surface area contributed by atoms with E-state index in [-0.39, 0.29) is 42.0 Å². The first-order valence-electron chi connectivity index (χ1n) is 5.88. The topological polar surface area (TPSA) is 104 Å². The number of aromatic hydroxyl groups is 2. The lowest BCUT2D eigenvalue weighted by atomic mass is 10.1. The zero-order chi connectivity index (χ0) is 14.6. The molecule has 0 spiro atoms. The highest BCUT2D eigenvalue weighted by molar-refractivity contribution is 5.98. The maximum atomic E-state index is 12.0. The van der Waals surface area contributed by atoms with Gasteiger partial charge in [0.25, 0.3) is 0 Å². The van der Waals surface area contributed by atoms with Gasteiger partial charge in [0.2, 0.25) is 5.91 Å². The van der Waals surface area contributed by atoms with Gasteiger partial charge in [0.15, 0.2) is 17.3 Å². The Bertz CT molecular complexity index is 486. The summed E-state index contributed by atoms with van der Waals surface area (Å²) < 4.78 is 0. The Morgan fingerprint density at radius 3 is 2.32 bits per heavy atom. The predicted molar refractivity (Wildman–Crippen MR) is 70.0 cm³/mol. The van der Waals surface area contributed by atoms with Crippen molar-refractivity contribution in [3.8, 4) is 11.5 Å². The third kappa shape index (κ3) is 4.26. The number of phenolic OH excluding ortho intramolecular Hbond substituents is 2. The number of Topliss-reactive ketones (excluding diaryl/α,β-unsaturated/α-hetero) is 1. The Morgan fingerprint density at radius 2 is 1.84 bits per heavy atom.